The second-order valence-electron chi connectivity index (χ2n) is 9.63. The average Bonchev–Trinajstić information content (AvgIpc) is 2.95. The Balaban J connectivity index is 1.49. The first-order valence-corrected chi connectivity index (χ1v) is 14.3. The van der Waals surface area contributed by atoms with Crippen LogP contribution < -0.4 is 24.4 Å². The van der Waals surface area contributed by atoms with E-state index in [0.29, 0.717) is 46.4 Å². The van der Waals surface area contributed by atoms with Crippen molar-refractivity contribution in [3.63, 3.8) is 0 Å². The van der Waals surface area contributed by atoms with Gasteiger partial charge in [-0.25, -0.2) is 9.69 Å². The van der Waals surface area contributed by atoms with Crippen LogP contribution in [-0.4, -0.2) is 37.7 Å². The molecule has 41 heavy (non-hydrogen) atoms. The maximum Gasteiger partial charge on any atom is 0.335 e. The second kappa shape index (κ2) is 13.5. The molecule has 0 bridgehead atoms. The molecule has 9 heteroatoms. The maximum absolute atomic E-state index is 13.3. The molecule has 1 aliphatic heterocycles. The number of carbonyl (C=O) groups excluding carboxylic acids is 3. The standard InChI is InChI=1S/C32H33BrN2O6/c1-5-21(4)23-9-13-25(14-10-23)40-15-16-41-29-27(33)18-22(19-28(29)39-6-2)17-26-30(36)34-32(38)35(31(26)37)24-11-7-20(3)8-12-24/h7-14,17-19,21H,5-6,15-16H2,1-4H3,(H,34,36,38). The van der Waals surface area contributed by atoms with Gasteiger partial charge in [0.1, 0.15) is 24.5 Å². The van der Waals surface area contributed by atoms with Crippen LogP contribution in [0, 0.1) is 6.92 Å². The van der Waals surface area contributed by atoms with Gasteiger partial charge in [-0.05, 0) is 95.7 Å². The van der Waals surface area contributed by atoms with Crippen LogP contribution in [-0.2, 0) is 9.59 Å². The summed E-state index contributed by atoms with van der Waals surface area (Å²) in [5, 5.41) is 2.25. The zero-order chi connectivity index (χ0) is 29.5. The molecule has 0 aromatic heterocycles. The fraction of sp³-hybridized carbons (Fsp3) is 0.281. The average molecular weight is 622 g/mol. The van der Waals surface area contributed by atoms with E-state index in [1.807, 2.05) is 26.0 Å². The molecule has 0 radical (unpaired) electrons. The predicted molar refractivity (Wildman–Crippen MR) is 162 cm³/mol. The maximum atomic E-state index is 13.3. The summed E-state index contributed by atoms with van der Waals surface area (Å²) in [7, 11) is 0. The van der Waals surface area contributed by atoms with E-state index >= 15 is 0 Å². The predicted octanol–water partition coefficient (Wildman–Crippen LogP) is 6.79. The minimum absolute atomic E-state index is 0.180. The van der Waals surface area contributed by atoms with Gasteiger partial charge >= 0.3 is 6.03 Å². The van der Waals surface area contributed by atoms with E-state index in [9.17, 15) is 14.4 Å². The Kier molecular flexibility index (Phi) is 9.83. The molecule has 8 nitrogen and oxygen atoms in total. The lowest BCUT2D eigenvalue weighted by Crippen LogP contribution is -2.54. The lowest BCUT2D eigenvalue weighted by Gasteiger charge is -2.26. The Bertz CT molecular complexity index is 1450. The first-order chi connectivity index (χ1) is 19.7. The van der Waals surface area contributed by atoms with Gasteiger partial charge in [-0.15, -0.1) is 0 Å². The summed E-state index contributed by atoms with van der Waals surface area (Å²) in [5.74, 6) is 0.682. The van der Waals surface area contributed by atoms with Crippen LogP contribution in [0.15, 0.2) is 70.7 Å². The molecule has 1 fully saturated rings. The Morgan fingerprint density at radius 3 is 2.27 bits per heavy atom. The smallest absolute Gasteiger partial charge is 0.335 e. The number of carbonyl (C=O) groups is 3. The number of rotatable bonds is 11. The summed E-state index contributed by atoms with van der Waals surface area (Å²) in [6, 6.07) is 17.6. The van der Waals surface area contributed by atoms with Crippen molar-refractivity contribution < 1.29 is 28.6 Å². The number of nitrogens with zero attached hydrogens (tertiary/aromatic N) is 1. The quantitative estimate of drug-likeness (QED) is 0.144. The number of amides is 4. The van der Waals surface area contributed by atoms with Crippen LogP contribution >= 0.6 is 15.9 Å². The summed E-state index contributed by atoms with van der Waals surface area (Å²) >= 11 is 3.53. The van der Waals surface area contributed by atoms with Crippen molar-refractivity contribution in [2.75, 3.05) is 24.7 Å². The molecule has 4 amide bonds. The Labute approximate surface area is 248 Å². The van der Waals surface area contributed by atoms with E-state index in [4.69, 9.17) is 14.2 Å². The highest BCUT2D eigenvalue weighted by atomic mass is 79.9. The number of benzene rings is 3. The first-order valence-electron chi connectivity index (χ1n) is 13.5. The molecular weight excluding hydrogens is 588 g/mol. The lowest BCUT2D eigenvalue weighted by atomic mass is 9.99. The van der Waals surface area contributed by atoms with Gasteiger partial charge in [0.05, 0.1) is 16.8 Å². The van der Waals surface area contributed by atoms with E-state index < -0.39 is 17.8 Å². The molecule has 0 saturated carbocycles. The number of hydrogen-bond donors (Lipinski definition) is 1. The van der Waals surface area contributed by atoms with Crippen molar-refractivity contribution in [3.8, 4) is 17.2 Å². The van der Waals surface area contributed by atoms with Crippen molar-refractivity contribution in [2.24, 2.45) is 0 Å². The van der Waals surface area contributed by atoms with Gasteiger partial charge in [0.2, 0.25) is 0 Å². The van der Waals surface area contributed by atoms with Gasteiger partial charge in [0.25, 0.3) is 11.8 Å². The van der Waals surface area contributed by atoms with E-state index in [-0.39, 0.29) is 12.2 Å². The molecule has 214 valence electrons. The molecule has 1 aliphatic rings. The van der Waals surface area contributed by atoms with Gasteiger partial charge in [-0.1, -0.05) is 43.7 Å². The molecule has 1 saturated heterocycles. The largest absolute Gasteiger partial charge is 0.490 e. The van der Waals surface area contributed by atoms with Gasteiger partial charge in [0, 0.05) is 0 Å². The monoisotopic (exact) mass is 620 g/mol. The third-order valence-electron chi connectivity index (χ3n) is 6.70. The third kappa shape index (κ3) is 7.16. The summed E-state index contributed by atoms with van der Waals surface area (Å²) in [6.45, 7) is 9.07. The second-order valence-corrected chi connectivity index (χ2v) is 10.5. The van der Waals surface area contributed by atoms with Gasteiger partial charge in [0.15, 0.2) is 11.5 Å². The number of imide groups is 2. The Morgan fingerprint density at radius 2 is 1.61 bits per heavy atom. The number of nitrogens with one attached hydrogen (secondary N) is 1. The van der Waals surface area contributed by atoms with Gasteiger partial charge in [-0.3, -0.25) is 14.9 Å². The lowest BCUT2D eigenvalue weighted by molar-refractivity contribution is -0.122. The minimum atomic E-state index is -0.797. The molecule has 0 spiro atoms. The highest BCUT2D eigenvalue weighted by Crippen LogP contribution is 2.38. The van der Waals surface area contributed by atoms with Crippen LogP contribution in [0.4, 0.5) is 10.5 Å². The van der Waals surface area contributed by atoms with Crippen molar-refractivity contribution >= 4 is 45.5 Å². The highest BCUT2D eigenvalue weighted by molar-refractivity contribution is 9.10. The number of halogens is 1. The molecule has 3 aromatic rings. The fourth-order valence-corrected chi connectivity index (χ4v) is 4.83. The molecule has 1 unspecified atom stereocenters. The minimum Gasteiger partial charge on any atom is -0.490 e. The Hall–Kier alpha value is -4.11. The summed E-state index contributed by atoms with van der Waals surface area (Å²) in [5.41, 5.74) is 2.95. The highest BCUT2D eigenvalue weighted by Gasteiger charge is 2.36. The molecule has 1 N–H and O–H groups in total. The number of urea groups is 1. The van der Waals surface area contributed by atoms with E-state index in [1.165, 1.54) is 11.6 Å². The van der Waals surface area contributed by atoms with Crippen LogP contribution in [0.2, 0.25) is 0 Å². The van der Waals surface area contributed by atoms with Gasteiger partial charge in [-0.2, -0.15) is 0 Å². The normalized spacial score (nSPS) is 15.1. The summed E-state index contributed by atoms with van der Waals surface area (Å²) < 4.78 is 18.2. The molecule has 1 atom stereocenters. The summed E-state index contributed by atoms with van der Waals surface area (Å²) in [4.78, 5) is 39.3. The molecule has 0 aliphatic carbocycles. The fourth-order valence-electron chi connectivity index (χ4n) is 4.26. The van der Waals surface area contributed by atoms with Crippen molar-refractivity contribution in [2.45, 2.75) is 40.0 Å². The summed E-state index contributed by atoms with van der Waals surface area (Å²) in [6.07, 6.45) is 2.50. The number of aryl methyl sites for hydroxylation is 1. The van der Waals surface area contributed by atoms with E-state index in [0.717, 1.165) is 22.6 Å². The Morgan fingerprint density at radius 1 is 0.927 bits per heavy atom. The van der Waals surface area contributed by atoms with Crippen LogP contribution in [0.1, 0.15) is 49.8 Å². The molecular formula is C32H33BrN2O6. The van der Waals surface area contributed by atoms with Gasteiger partial charge < -0.3 is 14.2 Å². The molecule has 4 rings (SSSR count). The zero-order valence-corrected chi connectivity index (χ0v) is 25.1. The topological polar surface area (TPSA) is 94.2 Å². The number of ether oxygens (including phenoxy) is 3. The zero-order valence-electron chi connectivity index (χ0n) is 23.5. The third-order valence-corrected chi connectivity index (χ3v) is 7.29. The molecule has 1 heterocycles. The number of anilines is 1. The first kappa shape index (κ1) is 29.9. The van der Waals surface area contributed by atoms with Crippen LogP contribution in [0.5, 0.6) is 17.2 Å². The van der Waals surface area contributed by atoms with Crippen molar-refractivity contribution in [1.29, 1.82) is 0 Å². The van der Waals surface area contributed by atoms with Crippen molar-refractivity contribution in [3.05, 3.63) is 87.4 Å². The van der Waals surface area contributed by atoms with Crippen LogP contribution in [0.25, 0.3) is 6.08 Å². The number of barbiturate groups is 1. The SMILES string of the molecule is CCOc1cc(C=C2C(=O)NC(=O)N(c3ccc(C)cc3)C2=O)cc(Br)c1OCCOc1ccc(C(C)CC)cc1. The van der Waals surface area contributed by atoms with E-state index in [2.05, 4.69) is 47.2 Å². The van der Waals surface area contributed by atoms with Crippen molar-refractivity contribution in [1.82, 2.24) is 5.32 Å². The number of hydrogen-bond acceptors (Lipinski definition) is 6. The molecule has 3 aromatic carbocycles. The van der Waals surface area contributed by atoms with E-state index in [1.54, 1.807) is 36.4 Å². The van der Waals surface area contributed by atoms with Crippen LogP contribution in [0.3, 0.4) is 0 Å².